The molecule has 10 heteroatoms. The molecule has 0 spiro atoms. The van der Waals surface area contributed by atoms with Gasteiger partial charge in [0.2, 0.25) is 0 Å². The predicted octanol–water partition coefficient (Wildman–Crippen LogP) is 8.31. The van der Waals surface area contributed by atoms with Crippen LogP contribution in [0.4, 0.5) is 0 Å². The minimum absolute atomic E-state index is 0.0329. The summed E-state index contributed by atoms with van der Waals surface area (Å²) < 4.78 is 18.5. The molecule has 2 N–H and O–H groups in total. The number of carbonyl (C=O) groups is 1. The third kappa shape index (κ3) is 7.42. The van der Waals surface area contributed by atoms with E-state index in [1.54, 1.807) is 7.11 Å². The molecule has 0 radical (unpaired) electrons. The molecule has 2 aliphatic carbocycles. The molecule has 0 fully saturated rings. The summed E-state index contributed by atoms with van der Waals surface area (Å²) in [6.45, 7) is 16.3. The van der Waals surface area contributed by atoms with Crippen LogP contribution in [-0.4, -0.2) is 73.5 Å². The van der Waals surface area contributed by atoms with Gasteiger partial charge in [-0.2, -0.15) is 0 Å². The molecule has 10 nitrogen and oxygen atoms in total. The van der Waals surface area contributed by atoms with Crippen LogP contribution in [-0.2, 0) is 25.5 Å². The summed E-state index contributed by atoms with van der Waals surface area (Å²) in [5, 5.41) is 21.4. The molecule has 2 atom stereocenters. The number of nitrogens with zero attached hydrogens (tertiary/aromatic N) is 4. The Kier molecular flexibility index (Phi) is 11.8. The Hall–Kier alpha value is -4.77. The standard InChI is InChI=1S/C46H54N4O6/c1-8-32-27(4)37-25-39-33(9-2)28(5)44(48-39)43(30-12-14-50(15-13-30)16-17-55-20-21-56-19-18-54-7)45-29(6)34(10-11-41(52)53)46(49-45)36-24-40(51)42-26(3)31(22-35(36)42)23-38(32)47-37/h12-15,23,25,29,34H,8-11,16-22,24H2,1-7H3,(H,52,53)/p+1/t29-,34-/m0/s1. The van der Waals surface area contributed by atoms with Crippen molar-refractivity contribution in [2.45, 2.75) is 86.6 Å². The van der Waals surface area contributed by atoms with Crippen molar-refractivity contribution in [3.63, 3.8) is 0 Å². The van der Waals surface area contributed by atoms with E-state index in [2.05, 4.69) is 82.8 Å². The Bertz CT molecular complexity index is 2180. The number of aliphatic hydroxyl groups excluding tert-OH is 1. The summed E-state index contributed by atoms with van der Waals surface area (Å²) in [6.07, 6.45) is 11.7. The van der Waals surface area contributed by atoms with E-state index >= 15 is 0 Å². The zero-order valence-corrected chi connectivity index (χ0v) is 33.9. The number of carboxylic acid groups (broad SMARTS) is 1. The predicted molar refractivity (Wildman–Crippen MR) is 220 cm³/mol. The third-order valence-electron chi connectivity index (χ3n) is 12.1. The fourth-order valence-corrected chi connectivity index (χ4v) is 9.05. The lowest BCUT2D eigenvalue weighted by atomic mass is 9.80. The van der Waals surface area contributed by atoms with Gasteiger partial charge in [-0.05, 0) is 109 Å². The van der Waals surface area contributed by atoms with Crippen molar-refractivity contribution in [2.24, 2.45) is 26.8 Å². The van der Waals surface area contributed by atoms with Crippen LogP contribution in [0.3, 0.4) is 0 Å². The number of hydrogen-bond donors (Lipinski definition) is 2. The van der Waals surface area contributed by atoms with Gasteiger partial charge in [-0.3, -0.25) is 9.79 Å². The minimum Gasteiger partial charge on any atom is -0.511 e. The third-order valence-corrected chi connectivity index (χ3v) is 12.1. The average Bonchev–Trinajstić information content (AvgIpc) is 3.94. The van der Waals surface area contributed by atoms with Gasteiger partial charge in [0.1, 0.15) is 12.4 Å². The number of ether oxygens (including phenoxy) is 3. The van der Waals surface area contributed by atoms with E-state index in [0.717, 1.165) is 91.6 Å². The van der Waals surface area contributed by atoms with Crippen LogP contribution in [0.5, 0.6) is 0 Å². The van der Waals surface area contributed by atoms with Crippen molar-refractivity contribution in [1.29, 1.82) is 0 Å². The molecular weight excluding hydrogens is 705 g/mol. The van der Waals surface area contributed by atoms with Gasteiger partial charge in [-0.25, -0.2) is 14.6 Å². The molecule has 5 heterocycles. The van der Waals surface area contributed by atoms with Crippen LogP contribution in [0.2, 0.25) is 0 Å². The maximum atomic E-state index is 12.1. The number of pyridine rings is 1. The largest absolute Gasteiger partial charge is 0.511 e. The maximum Gasteiger partial charge on any atom is 0.303 e. The van der Waals surface area contributed by atoms with Crippen LogP contribution in [0.25, 0.3) is 5.57 Å². The number of rotatable bonds is 15. The summed E-state index contributed by atoms with van der Waals surface area (Å²) in [6, 6.07) is 4.25. The second kappa shape index (κ2) is 16.8. The van der Waals surface area contributed by atoms with Crippen LogP contribution in [0.15, 0.2) is 125 Å². The fourth-order valence-electron chi connectivity index (χ4n) is 9.05. The Morgan fingerprint density at radius 2 is 1.52 bits per heavy atom. The van der Waals surface area contributed by atoms with Gasteiger partial charge < -0.3 is 24.4 Å². The number of fused-ring (bicyclic) bond motifs is 5. The number of hydrogen-bond acceptors (Lipinski definition) is 8. The lowest BCUT2D eigenvalue weighted by molar-refractivity contribution is -0.698. The molecule has 0 unspecified atom stereocenters. The topological polar surface area (TPSA) is 126 Å². The summed E-state index contributed by atoms with van der Waals surface area (Å²) in [4.78, 5) is 28.3. The van der Waals surface area contributed by atoms with Crippen molar-refractivity contribution >= 4 is 28.7 Å². The zero-order chi connectivity index (χ0) is 39.7. The molecule has 4 aliphatic heterocycles. The van der Waals surface area contributed by atoms with Crippen molar-refractivity contribution in [1.82, 2.24) is 0 Å². The average molecular weight is 760 g/mol. The van der Waals surface area contributed by atoms with Gasteiger partial charge in [0, 0.05) is 60.8 Å². The molecule has 0 aromatic carbocycles. The van der Waals surface area contributed by atoms with E-state index in [0.29, 0.717) is 64.6 Å². The van der Waals surface area contributed by atoms with Crippen LogP contribution in [0.1, 0.15) is 85.6 Å². The molecule has 294 valence electrons. The first-order chi connectivity index (χ1) is 27.1. The molecule has 1 aromatic rings. The van der Waals surface area contributed by atoms with E-state index in [9.17, 15) is 15.0 Å². The van der Waals surface area contributed by atoms with Crippen molar-refractivity contribution < 1.29 is 33.8 Å². The summed E-state index contributed by atoms with van der Waals surface area (Å²) in [5.41, 5.74) is 17.4. The monoisotopic (exact) mass is 759 g/mol. The number of aliphatic imine (C=N–C) groups is 3. The van der Waals surface area contributed by atoms with Gasteiger partial charge in [0.25, 0.3) is 0 Å². The molecule has 0 saturated carbocycles. The van der Waals surface area contributed by atoms with Crippen LogP contribution >= 0.6 is 0 Å². The van der Waals surface area contributed by atoms with Gasteiger partial charge in [-0.1, -0.05) is 20.8 Å². The number of aliphatic hydroxyl groups is 1. The molecule has 56 heavy (non-hydrogen) atoms. The summed E-state index contributed by atoms with van der Waals surface area (Å²) in [5.74, 6) is -0.698. The Labute approximate surface area is 330 Å². The van der Waals surface area contributed by atoms with Gasteiger partial charge in [-0.15, -0.1) is 0 Å². The number of aliphatic carboxylic acids is 1. The molecule has 0 saturated heterocycles. The highest BCUT2D eigenvalue weighted by Crippen LogP contribution is 2.51. The second-order valence-electron chi connectivity index (χ2n) is 15.3. The number of aromatic nitrogens is 1. The van der Waals surface area contributed by atoms with Gasteiger partial charge >= 0.3 is 5.97 Å². The first kappa shape index (κ1) is 39.5. The highest BCUT2D eigenvalue weighted by molar-refractivity contribution is 6.34. The first-order valence-electron chi connectivity index (χ1n) is 20.1. The second-order valence-corrected chi connectivity index (χ2v) is 15.3. The Balaban J connectivity index is 1.37. The molecule has 0 amide bonds. The molecule has 6 aliphatic rings. The van der Waals surface area contributed by atoms with Crippen LogP contribution < -0.4 is 4.57 Å². The molecular formula is C46H55N4O6+. The number of allylic oxidation sites excluding steroid dienone is 13. The van der Waals surface area contributed by atoms with E-state index < -0.39 is 5.97 Å². The molecule has 7 rings (SSSR count). The first-order valence-corrected chi connectivity index (χ1v) is 20.1. The highest BCUT2D eigenvalue weighted by atomic mass is 16.5. The quantitative estimate of drug-likeness (QED) is 0.137. The van der Waals surface area contributed by atoms with Gasteiger partial charge in [0.05, 0.1) is 54.9 Å². The smallest absolute Gasteiger partial charge is 0.303 e. The zero-order valence-electron chi connectivity index (χ0n) is 33.9. The van der Waals surface area contributed by atoms with E-state index in [-0.39, 0.29) is 18.3 Å². The number of methoxy groups -OCH3 is 1. The normalized spacial score (nSPS) is 21.9. The van der Waals surface area contributed by atoms with Crippen molar-refractivity contribution in [3.8, 4) is 0 Å². The Morgan fingerprint density at radius 3 is 2.21 bits per heavy atom. The molecule has 1 aromatic heterocycles. The summed E-state index contributed by atoms with van der Waals surface area (Å²) >= 11 is 0. The maximum absolute atomic E-state index is 12.1. The van der Waals surface area contributed by atoms with E-state index in [1.807, 2.05) is 0 Å². The van der Waals surface area contributed by atoms with Gasteiger partial charge in [0.15, 0.2) is 18.9 Å². The lowest BCUT2D eigenvalue weighted by Crippen LogP contribution is -2.35. The van der Waals surface area contributed by atoms with Crippen molar-refractivity contribution in [2.75, 3.05) is 40.1 Å². The SMILES string of the molecule is CCC1=C(C)C2=NC1=CC1=C(C)C3=C(O)CC(=C3C1)C1=NC(=C(c3cc[n+](CCOCCOCCOC)cc3)C3=NC(=C2)C(CC)=C3C)[C@@H](C)[C@@H]1CCC(=O)O. The van der Waals surface area contributed by atoms with Crippen LogP contribution in [0, 0.1) is 11.8 Å². The highest BCUT2D eigenvalue weighted by Gasteiger charge is 2.42. The lowest BCUT2D eigenvalue weighted by Gasteiger charge is -2.21. The van der Waals surface area contributed by atoms with Crippen molar-refractivity contribution in [3.05, 3.63) is 115 Å². The fraction of sp³-hybridized carbons (Fsp3) is 0.457. The minimum atomic E-state index is -0.825. The Morgan fingerprint density at radius 1 is 0.839 bits per heavy atom. The van der Waals surface area contributed by atoms with E-state index in [4.69, 9.17) is 29.2 Å². The van der Waals surface area contributed by atoms with E-state index in [1.165, 1.54) is 16.7 Å². The molecule has 8 bridgehead atoms. The summed E-state index contributed by atoms with van der Waals surface area (Å²) in [7, 11) is 1.66. The number of carboxylic acids is 1.